The van der Waals surface area contributed by atoms with Crippen LogP contribution >= 0.6 is 0 Å². The zero-order chi connectivity index (χ0) is 15.2. The molecule has 0 saturated carbocycles. The molecule has 2 aromatic carbocycles. The first-order chi connectivity index (χ1) is 10.1. The minimum absolute atomic E-state index is 0.173. The number of halogens is 1. The van der Waals surface area contributed by atoms with Crippen molar-refractivity contribution in [3.05, 3.63) is 71.7 Å². The molecule has 0 fully saturated rings. The fourth-order valence-corrected chi connectivity index (χ4v) is 1.83. The molecule has 1 N–H and O–H groups in total. The van der Waals surface area contributed by atoms with Crippen molar-refractivity contribution < 1.29 is 13.9 Å². The molecule has 0 aliphatic rings. The molecule has 21 heavy (non-hydrogen) atoms. The Labute approximate surface area is 123 Å². The van der Waals surface area contributed by atoms with Gasteiger partial charge in [0.05, 0.1) is 7.11 Å². The predicted octanol–water partition coefficient (Wildman–Crippen LogP) is 4.03. The van der Waals surface area contributed by atoms with Crippen molar-refractivity contribution in [2.45, 2.75) is 6.92 Å². The Kier molecular flexibility index (Phi) is 4.72. The van der Waals surface area contributed by atoms with Crippen LogP contribution in [0.15, 0.2) is 60.3 Å². The first-order valence-electron chi connectivity index (χ1n) is 6.48. The normalized spacial score (nSPS) is 11.1. The second-order valence-corrected chi connectivity index (χ2v) is 4.55. The van der Waals surface area contributed by atoms with E-state index >= 15 is 0 Å². The van der Waals surface area contributed by atoms with Crippen LogP contribution < -0.4 is 10.1 Å². The van der Waals surface area contributed by atoms with E-state index in [-0.39, 0.29) is 11.6 Å². The number of hydrogen-bond donors (Lipinski definition) is 1. The van der Waals surface area contributed by atoms with E-state index < -0.39 is 0 Å². The van der Waals surface area contributed by atoms with Gasteiger partial charge in [-0.05, 0) is 55.5 Å². The van der Waals surface area contributed by atoms with E-state index in [0.29, 0.717) is 11.3 Å². The van der Waals surface area contributed by atoms with Crippen LogP contribution in [-0.4, -0.2) is 12.9 Å². The minimum atomic E-state index is -0.358. The maximum atomic E-state index is 12.8. The number of carbonyl (C=O) groups is 1. The third-order valence-electron chi connectivity index (χ3n) is 2.91. The summed E-state index contributed by atoms with van der Waals surface area (Å²) in [5, 5.41) is 3.12. The van der Waals surface area contributed by atoms with Crippen LogP contribution in [0.25, 0.3) is 0 Å². The summed E-state index contributed by atoms with van der Waals surface area (Å²) in [6, 6.07) is 12.9. The zero-order valence-corrected chi connectivity index (χ0v) is 11.9. The predicted molar refractivity (Wildman–Crippen MR) is 81.1 cm³/mol. The number of hydrogen-bond acceptors (Lipinski definition) is 3. The number of ketones is 1. The second kappa shape index (κ2) is 6.70. The van der Waals surface area contributed by atoms with Gasteiger partial charge in [0.2, 0.25) is 0 Å². The first kappa shape index (κ1) is 14.8. The Morgan fingerprint density at radius 3 is 2.29 bits per heavy atom. The highest BCUT2D eigenvalue weighted by atomic mass is 19.1. The Morgan fingerprint density at radius 1 is 1.10 bits per heavy atom. The Balaban J connectivity index is 2.05. The smallest absolute Gasteiger partial charge is 0.187 e. The van der Waals surface area contributed by atoms with Crippen molar-refractivity contribution in [1.82, 2.24) is 0 Å². The van der Waals surface area contributed by atoms with Crippen LogP contribution in [0, 0.1) is 5.82 Å². The third kappa shape index (κ3) is 4.18. The van der Waals surface area contributed by atoms with Gasteiger partial charge in [-0.3, -0.25) is 4.79 Å². The van der Waals surface area contributed by atoms with E-state index in [9.17, 15) is 9.18 Å². The summed E-state index contributed by atoms with van der Waals surface area (Å²) < 4.78 is 17.9. The molecule has 0 bridgehead atoms. The lowest BCUT2D eigenvalue weighted by atomic mass is 10.1. The van der Waals surface area contributed by atoms with Gasteiger partial charge >= 0.3 is 0 Å². The summed E-state index contributed by atoms with van der Waals surface area (Å²) in [4.78, 5) is 12.0. The number of ether oxygens (including phenoxy) is 1. The molecular weight excluding hydrogens is 269 g/mol. The topological polar surface area (TPSA) is 38.3 Å². The lowest BCUT2D eigenvalue weighted by Gasteiger charge is -2.07. The average Bonchev–Trinajstić information content (AvgIpc) is 2.48. The summed E-state index contributed by atoms with van der Waals surface area (Å²) in [7, 11) is 1.61. The van der Waals surface area contributed by atoms with Crippen molar-refractivity contribution in [2.24, 2.45) is 0 Å². The molecule has 2 aromatic rings. The van der Waals surface area contributed by atoms with Crippen LogP contribution in [0.1, 0.15) is 17.3 Å². The Bertz CT molecular complexity index is 645. The van der Waals surface area contributed by atoms with Gasteiger partial charge in [0, 0.05) is 23.0 Å². The number of allylic oxidation sites excluding steroid dienone is 2. The SMILES string of the molecule is COc1ccc(N/C(C)=C/C(=O)c2ccc(F)cc2)cc1. The number of benzene rings is 2. The van der Waals surface area contributed by atoms with E-state index in [1.165, 1.54) is 30.3 Å². The highest BCUT2D eigenvalue weighted by molar-refractivity contribution is 6.05. The maximum Gasteiger partial charge on any atom is 0.187 e. The van der Waals surface area contributed by atoms with Crippen LogP contribution in [0.4, 0.5) is 10.1 Å². The summed E-state index contributed by atoms with van der Waals surface area (Å²) in [5.74, 6) is 0.238. The molecule has 0 heterocycles. The zero-order valence-electron chi connectivity index (χ0n) is 11.9. The molecular formula is C17H16FNO2. The van der Waals surface area contributed by atoms with Crippen LogP contribution in [-0.2, 0) is 0 Å². The maximum absolute atomic E-state index is 12.8. The van der Waals surface area contributed by atoms with E-state index in [1.807, 2.05) is 24.3 Å². The molecule has 0 unspecified atom stereocenters. The molecule has 0 atom stereocenters. The van der Waals surface area contributed by atoms with Crippen molar-refractivity contribution >= 4 is 11.5 Å². The lowest BCUT2D eigenvalue weighted by molar-refractivity contribution is 0.104. The third-order valence-corrected chi connectivity index (χ3v) is 2.91. The molecule has 0 aliphatic carbocycles. The molecule has 3 nitrogen and oxygen atoms in total. The molecule has 0 spiro atoms. The molecule has 0 radical (unpaired) electrons. The van der Waals surface area contributed by atoms with E-state index in [4.69, 9.17) is 4.74 Å². The van der Waals surface area contributed by atoms with Gasteiger partial charge in [-0.25, -0.2) is 4.39 Å². The monoisotopic (exact) mass is 285 g/mol. The van der Waals surface area contributed by atoms with E-state index in [2.05, 4.69) is 5.32 Å². The summed E-state index contributed by atoms with van der Waals surface area (Å²) in [6.07, 6.45) is 1.48. The average molecular weight is 285 g/mol. The van der Waals surface area contributed by atoms with Crippen LogP contribution in [0.2, 0.25) is 0 Å². The molecule has 0 amide bonds. The van der Waals surface area contributed by atoms with Gasteiger partial charge in [-0.2, -0.15) is 0 Å². The lowest BCUT2D eigenvalue weighted by Crippen LogP contribution is -2.01. The van der Waals surface area contributed by atoms with Crippen molar-refractivity contribution in [1.29, 1.82) is 0 Å². The molecule has 0 aliphatic heterocycles. The molecule has 0 aromatic heterocycles. The van der Waals surface area contributed by atoms with Crippen molar-refractivity contribution in [2.75, 3.05) is 12.4 Å². The highest BCUT2D eigenvalue weighted by Crippen LogP contribution is 2.16. The van der Waals surface area contributed by atoms with Gasteiger partial charge in [-0.1, -0.05) is 0 Å². The summed E-state index contributed by atoms with van der Waals surface area (Å²) in [6.45, 7) is 1.80. The molecule has 108 valence electrons. The number of nitrogens with one attached hydrogen (secondary N) is 1. The summed E-state index contributed by atoms with van der Waals surface area (Å²) >= 11 is 0. The Morgan fingerprint density at radius 2 is 1.71 bits per heavy atom. The standard InChI is InChI=1S/C17H16FNO2/c1-12(19-15-7-9-16(21-2)10-8-15)11-17(20)13-3-5-14(18)6-4-13/h3-11,19H,1-2H3/b12-11+. The fraction of sp³-hybridized carbons (Fsp3) is 0.118. The second-order valence-electron chi connectivity index (χ2n) is 4.55. The molecule has 4 heteroatoms. The number of rotatable bonds is 5. The van der Waals surface area contributed by atoms with E-state index in [1.54, 1.807) is 14.0 Å². The molecule has 2 rings (SSSR count). The Hall–Kier alpha value is -2.62. The van der Waals surface area contributed by atoms with Crippen LogP contribution in [0.3, 0.4) is 0 Å². The van der Waals surface area contributed by atoms with Gasteiger partial charge in [0.25, 0.3) is 0 Å². The van der Waals surface area contributed by atoms with Gasteiger partial charge in [0.1, 0.15) is 11.6 Å². The number of anilines is 1. The highest BCUT2D eigenvalue weighted by Gasteiger charge is 2.03. The first-order valence-corrected chi connectivity index (χ1v) is 6.48. The fourth-order valence-electron chi connectivity index (χ4n) is 1.83. The largest absolute Gasteiger partial charge is 0.497 e. The summed E-state index contributed by atoms with van der Waals surface area (Å²) in [5.41, 5.74) is 2.01. The van der Waals surface area contributed by atoms with Gasteiger partial charge < -0.3 is 10.1 Å². The van der Waals surface area contributed by atoms with Crippen LogP contribution in [0.5, 0.6) is 5.75 Å². The van der Waals surface area contributed by atoms with Crippen molar-refractivity contribution in [3.8, 4) is 5.75 Å². The van der Waals surface area contributed by atoms with Gasteiger partial charge in [0.15, 0.2) is 5.78 Å². The number of methoxy groups -OCH3 is 1. The minimum Gasteiger partial charge on any atom is -0.497 e. The van der Waals surface area contributed by atoms with Gasteiger partial charge in [-0.15, -0.1) is 0 Å². The molecule has 0 saturated heterocycles. The van der Waals surface area contributed by atoms with E-state index in [0.717, 1.165) is 11.4 Å². The number of carbonyl (C=O) groups excluding carboxylic acids is 1. The quantitative estimate of drug-likeness (QED) is 0.665. The van der Waals surface area contributed by atoms with Crippen molar-refractivity contribution in [3.63, 3.8) is 0 Å².